The van der Waals surface area contributed by atoms with Crippen LogP contribution in [0.15, 0.2) is 78.9 Å². The summed E-state index contributed by atoms with van der Waals surface area (Å²) in [7, 11) is 0. The topological polar surface area (TPSA) is 54.5 Å². The quantitative estimate of drug-likeness (QED) is 0.538. The summed E-state index contributed by atoms with van der Waals surface area (Å²) in [6, 6.07) is 19.2. The molecule has 3 atom stereocenters. The fourth-order valence-electron chi connectivity index (χ4n) is 6.13. The van der Waals surface area contributed by atoms with E-state index in [2.05, 4.69) is 0 Å². The van der Waals surface area contributed by atoms with E-state index in [0.717, 1.165) is 5.56 Å². The van der Waals surface area contributed by atoms with Crippen LogP contribution in [0.3, 0.4) is 0 Å². The molecular weight excluding hydrogens is 417 g/mol. The van der Waals surface area contributed by atoms with Crippen molar-refractivity contribution in [3.05, 3.63) is 107 Å². The Kier molecular flexibility index (Phi) is 4.09. The van der Waals surface area contributed by atoms with E-state index in [1.165, 1.54) is 19.1 Å². The van der Waals surface area contributed by atoms with E-state index in [9.17, 15) is 18.8 Å². The van der Waals surface area contributed by atoms with Gasteiger partial charge in [0.2, 0.25) is 0 Å². The van der Waals surface area contributed by atoms with Crippen molar-refractivity contribution < 1.29 is 18.8 Å². The molecule has 0 bridgehead atoms. The summed E-state index contributed by atoms with van der Waals surface area (Å²) < 4.78 is 14.0. The summed E-state index contributed by atoms with van der Waals surface area (Å²) in [5.41, 5.74) is 1.34. The predicted molar refractivity (Wildman–Crippen MR) is 123 cm³/mol. The second kappa shape index (κ2) is 6.82. The Bertz CT molecular complexity index is 1340. The van der Waals surface area contributed by atoms with Crippen molar-refractivity contribution >= 4 is 29.1 Å². The van der Waals surface area contributed by atoms with Crippen LogP contribution in [0.2, 0.25) is 0 Å². The minimum atomic E-state index is -1.48. The van der Waals surface area contributed by atoms with Gasteiger partial charge in [-0.1, -0.05) is 66.7 Å². The van der Waals surface area contributed by atoms with Crippen LogP contribution in [0, 0.1) is 11.2 Å². The Balaban J connectivity index is 1.68. The minimum absolute atomic E-state index is 0.146. The maximum absolute atomic E-state index is 14.2. The van der Waals surface area contributed by atoms with Crippen LogP contribution in [0.5, 0.6) is 0 Å². The lowest BCUT2D eigenvalue weighted by molar-refractivity contribution is -0.118. The van der Waals surface area contributed by atoms with Crippen molar-refractivity contribution in [2.75, 3.05) is 4.90 Å². The fourth-order valence-corrected chi connectivity index (χ4v) is 6.13. The number of nitrogens with zero attached hydrogens (tertiary/aromatic N) is 1. The number of benzene rings is 3. The Labute approximate surface area is 190 Å². The third-order valence-electron chi connectivity index (χ3n) is 7.34. The first-order chi connectivity index (χ1) is 16.0. The van der Waals surface area contributed by atoms with Gasteiger partial charge >= 0.3 is 0 Å². The maximum atomic E-state index is 14.2. The van der Waals surface area contributed by atoms with Gasteiger partial charge < -0.3 is 4.90 Å². The summed E-state index contributed by atoms with van der Waals surface area (Å²) in [6.07, 6.45) is 3.55. The highest BCUT2D eigenvalue weighted by Gasteiger charge is 2.71. The second-order valence-corrected chi connectivity index (χ2v) is 8.93. The van der Waals surface area contributed by atoms with Crippen molar-refractivity contribution in [3.8, 4) is 0 Å². The van der Waals surface area contributed by atoms with E-state index < -0.39 is 23.4 Å². The third-order valence-corrected chi connectivity index (χ3v) is 7.34. The largest absolute Gasteiger partial charge is 0.352 e. The van der Waals surface area contributed by atoms with Gasteiger partial charge in [-0.3, -0.25) is 14.4 Å². The van der Waals surface area contributed by atoms with E-state index >= 15 is 0 Å². The van der Waals surface area contributed by atoms with Gasteiger partial charge in [-0.05, 0) is 30.7 Å². The molecule has 3 aromatic carbocycles. The van der Waals surface area contributed by atoms with Crippen molar-refractivity contribution in [2.24, 2.45) is 5.41 Å². The number of anilines is 1. The van der Waals surface area contributed by atoms with Crippen LogP contribution in [-0.4, -0.2) is 29.4 Å². The molecule has 3 aliphatic rings. The lowest BCUT2D eigenvalue weighted by atomic mass is 9.64. The van der Waals surface area contributed by atoms with Crippen molar-refractivity contribution in [1.82, 2.24) is 0 Å². The average molecular weight is 437 g/mol. The number of carbonyl (C=O) groups excluding carboxylic acids is 3. The number of Topliss-reactive ketones (excluding diaryl/α,β-unsaturated/α-hetero) is 3. The molecule has 1 spiro atoms. The van der Waals surface area contributed by atoms with Gasteiger partial charge in [0.25, 0.3) is 0 Å². The first kappa shape index (κ1) is 19.8. The molecule has 1 saturated heterocycles. The van der Waals surface area contributed by atoms with Crippen molar-refractivity contribution in [1.29, 1.82) is 0 Å². The van der Waals surface area contributed by atoms with Gasteiger partial charge in [-0.2, -0.15) is 0 Å². The molecular formula is C28H20FNO3. The van der Waals surface area contributed by atoms with E-state index in [1.807, 2.05) is 35.2 Å². The number of halogens is 1. The molecule has 3 unspecified atom stereocenters. The van der Waals surface area contributed by atoms with Crippen LogP contribution in [0.25, 0.3) is 6.08 Å². The molecule has 0 aromatic heterocycles. The molecule has 0 radical (unpaired) electrons. The van der Waals surface area contributed by atoms with E-state index in [0.29, 0.717) is 22.4 Å². The molecule has 4 nitrogen and oxygen atoms in total. The summed E-state index contributed by atoms with van der Waals surface area (Å²) in [4.78, 5) is 43.4. The number of ketones is 3. The van der Waals surface area contributed by atoms with Crippen molar-refractivity contribution in [2.45, 2.75) is 24.9 Å². The normalized spacial score (nSPS) is 24.1. The highest BCUT2D eigenvalue weighted by molar-refractivity contribution is 6.32. The molecule has 3 aromatic rings. The van der Waals surface area contributed by atoms with E-state index in [4.69, 9.17) is 0 Å². The predicted octanol–water partition coefficient (Wildman–Crippen LogP) is 4.85. The highest BCUT2D eigenvalue weighted by Crippen LogP contribution is 2.60. The van der Waals surface area contributed by atoms with Gasteiger partial charge in [0, 0.05) is 28.3 Å². The molecule has 33 heavy (non-hydrogen) atoms. The maximum Gasteiger partial charge on any atom is 0.180 e. The van der Waals surface area contributed by atoms with Gasteiger partial charge in [-0.15, -0.1) is 0 Å². The summed E-state index contributed by atoms with van der Waals surface area (Å²) in [5, 5.41) is 0. The number of carbonyl (C=O) groups is 3. The second-order valence-electron chi connectivity index (χ2n) is 8.93. The van der Waals surface area contributed by atoms with Gasteiger partial charge in [0.05, 0.1) is 12.1 Å². The van der Waals surface area contributed by atoms with Crippen LogP contribution < -0.4 is 4.90 Å². The monoisotopic (exact) mass is 437 g/mol. The molecule has 1 fully saturated rings. The number of fused-ring (bicyclic) bond motifs is 5. The SMILES string of the molecule is CC(=O)C1C(c2ccccc2)C2(C(=O)c3ccccc3C2=O)C2C=Cc3cc(F)ccc3N12. The van der Waals surface area contributed by atoms with Gasteiger partial charge in [0.15, 0.2) is 17.3 Å². The molecule has 0 N–H and O–H groups in total. The lowest BCUT2D eigenvalue weighted by Crippen LogP contribution is -2.48. The van der Waals surface area contributed by atoms with Crippen molar-refractivity contribution in [3.63, 3.8) is 0 Å². The Morgan fingerprint density at radius 2 is 1.55 bits per heavy atom. The molecule has 0 saturated carbocycles. The van der Waals surface area contributed by atoms with Crippen LogP contribution in [-0.2, 0) is 4.79 Å². The zero-order chi connectivity index (χ0) is 22.9. The van der Waals surface area contributed by atoms with Crippen LogP contribution >= 0.6 is 0 Å². The van der Waals surface area contributed by atoms with Gasteiger partial charge in [0.1, 0.15) is 11.2 Å². The van der Waals surface area contributed by atoms with Crippen LogP contribution in [0.4, 0.5) is 10.1 Å². The first-order valence-electron chi connectivity index (χ1n) is 11.0. The standard InChI is InChI=1S/C28H20FNO3/c1-16(31)25-24(17-7-3-2-4-8-17)28(26(32)20-9-5-6-10-21(20)27(28)33)23-14-11-18-15-19(29)12-13-22(18)30(23)25/h2-15,23-25H,1H3. The van der Waals surface area contributed by atoms with E-state index in [-0.39, 0.29) is 23.2 Å². The molecule has 2 aliphatic heterocycles. The molecule has 0 amide bonds. The fraction of sp³-hybridized carbons (Fsp3) is 0.179. The molecule has 6 rings (SSSR count). The number of rotatable bonds is 2. The minimum Gasteiger partial charge on any atom is -0.352 e. The average Bonchev–Trinajstić information content (AvgIpc) is 3.26. The lowest BCUT2D eigenvalue weighted by Gasteiger charge is -2.37. The molecule has 1 aliphatic carbocycles. The Morgan fingerprint density at radius 3 is 2.18 bits per heavy atom. The third kappa shape index (κ3) is 2.42. The molecule has 162 valence electrons. The smallest absolute Gasteiger partial charge is 0.180 e. The molecule has 2 heterocycles. The Hall–Kier alpha value is -3.86. The highest BCUT2D eigenvalue weighted by atomic mass is 19.1. The summed E-state index contributed by atoms with van der Waals surface area (Å²) in [6.45, 7) is 1.50. The Morgan fingerprint density at radius 1 is 0.909 bits per heavy atom. The first-order valence-corrected chi connectivity index (χ1v) is 11.0. The summed E-state index contributed by atoms with van der Waals surface area (Å²) >= 11 is 0. The number of hydrogen-bond donors (Lipinski definition) is 0. The van der Waals surface area contributed by atoms with Crippen LogP contribution in [0.1, 0.15) is 44.7 Å². The van der Waals surface area contributed by atoms with E-state index in [1.54, 1.807) is 42.5 Å². The van der Waals surface area contributed by atoms with Gasteiger partial charge in [-0.25, -0.2) is 4.39 Å². The number of hydrogen-bond acceptors (Lipinski definition) is 4. The zero-order valence-corrected chi connectivity index (χ0v) is 17.9. The molecule has 5 heteroatoms. The summed E-state index contributed by atoms with van der Waals surface area (Å²) in [5.74, 6) is -1.73. The zero-order valence-electron chi connectivity index (χ0n) is 17.9.